The molecule has 1 aromatic carbocycles. The van der Waals surface area contributed by atoms with Gasteiger partial charge in [-0.25, -0.2) is 18.0 Å². The first-order valence-electron chi connectivity index (χ1n) is 7.81. The van der Waals surface area contributed by atoms with Gasteiger partial charge in [0.2, 0.25) is 5.88 Å². The van der Waals surface area contributed by atoms with Gasteiger partial charge in [0.15, 0.2) is 5.54 Å². The molecule has 0 aliphatic carbocycles. The van der Waals surface area contributed by atoms with E-state index < -0.39 is 36.0 Å². The van der Waals surface area contributed by atoms with E-state index in [1.54, 1.807) is 6.92 Å². The summed E-state index contributed by atoms with van der Waals surface area (Å²) in [5.74, 6) is -1.08. The van der Waals surface area contributed by atoms with Crippen LogP contribution in [0.2, 0.25) is 0 Å². The fourth-order valence-corrected chi connectivity index (χ4v) is 2.62. The second-order valence-corrected chi connectivity index (χ2v) is 5.92. The Morgan fingerprint density at radius 1 is 1.44 bits per heavy atom. The number of aliphatic imine (C=N–C) groups is 1. The standard InChI is InChI=1S/C16H16F3N5O3/c1-8-4-13(24-23-8)27-15(25)21-9-2-3-11(17)10(5-9)16(14(18)19)7-26-6-12(20)22-16/h2-5,14H,6-7H2,1H3,(H2,20,22)(H,21,25)(H,23,24)/t16-/m0/s1. The number of carbonyl (C=O) groups is 1. The third-order valence-electron chi connectivity index (χ3n) is 3.84. The van der Waals surface area contributed by atoms with E-state index in [9.17, 15) is 18.0 Å². The van der Waals surface area contributed by atoms with Gasteiger partial charge in [0.05, 0.1) is 6.61 Å². The number of aryl methyl sites for hydroxylation is 1. The van der Waals surface area contributed by atoms with E-state index in [-0.39, 0.29) is 24.0 Å². The molecule has 0 saturated carbocycles. The number of hydrogen-bond donors (Lipinski definition) is 3. The van der Waals surface area contributed by atoms with Crippen LogP contribution in [0.5, 0.6) is 5.88 Å². The van der Waals surface area contributed by atoms with Crippen LogP contribution in [0.1, 0.15) is 11.3 Å². The van der Waals surface area contributed by atoms with Crippen molar-refractivity contribution in [2.45, 2.75) is 18.9 Å². The van der Waals surface area contributed by atoms with Crippen molar-refractivity contribution in [3.8, 4) is 5.88 Å². The maximum atomic E-state index is 14.3. The average Bonchev–Trinajstić information content (AvgIpc) is 3.01. The number of halogens is 3. The molecule has 3 rings (SSSR count). The van der Waals surface area contributed by atoms with Gasteiger partial charge < -0.3 is 15.2 Å². The van der Waals surface area contributed by atoms with E-state index in [2.05, 4.69) is 20.5 Å². The Bertz CT molecular complexity index is 886. The summed E-state index contributed by atoms with van der Waals surface area (Å²) < 4.78 is 51.8. The third kappa shape index (κ3) is 3.87. The second-order valence-electron chi connectivity index (χ2n) is 5.92. The van der Waals surface area contributed by atoms with Gasteiger partial charge in [-0.05, 0) is 25.1 Å². The minimum Gasteiger partial charge on any atom is -0.389 e. The van der Waals surface area contributed by atoms with E-state index in [0.717, 1.165) is 12.1 Å². The Hall–Kier alpha value is -3.08. The lowest BCUT2D eigenvalue weighted by Gasteiger charge is -2.33. The molecule has 0 bridgehead atoms. The van der Waals surface area contributed by atoms with Gasteiger partial charge in [-0.15, -0.1) is 5.10 Å². The van der Waals surface area contributed by atoms with Crippen molar-refractivity contribution in [1.82, 2.24) is 10.2 Å². The molecule has 0 radical (unpaired) electrons. The van der Waals surface area contributed by atoms with Crippen LogP contribution < -0.4 is 15.8 Å². The van der Waals surface area contributed by atoms with E-state index in [4.69, 9.17) is 15.2 Å². The van der Waals surface area contributed by atoms with Crippen molar-refractivity contribution in [3.05, 3.63) is 41.3 Å². The fourth-order valence-electron chi connectivity index (χ4n) is 2.62. The number of amides is 1. The average molecular weight is 383 g/mol. The van der Waals surface area contributed by atoms with Crippen LogP contribution in [0, 0.1) is 12.7 Å². The molecule has 2 aromatic rings. The number of nitrogens with zero attached hydrogens (tertiary/aromatic N) is 2. The van der Waals surface area contributed by atoms with E-state index in [0.29, 0.717) is 5.69 Å². The number of amidine groups is 1. The third-order valence-corrected chi connectivity index (χ3v) is 3.84. The molecule has 0 spiro atoms. The molecule has 11 heteroatoms. The highest BCUT2D eigenvalue weighted by Crippen LogP contribution is 2.37. The van der Waals surface area contributed by atoms with Gasteiger partial charge in [-0.1, -0.05) is 0 Å². The number of H-pyrrole nitrogens is 1. The number of benzene rings is 1. The molecule has 0 unspecified atom stereocenters. The minimum absolute atomic E-state index is 0.0226. The lowest BCUT2D eigenvalue weighted by Crippen LogP contribution is -2.45. The summed E-state index contributed by atoms with van der Waals surface area (Å²) in [5, 5.41) is 8.65. The van der Waals surface area contributed by atoms with Gasteiger partial charge in [0.1, 0.15) is 18.3 Å². The van der Waals surface area contributed by atoms with Crippen LogP contribution in [0.3, 0.4) is 0 Å². The number of alkyl halides is 2. The van der Waals surface area contributed by atoms with Gasteiger partial charge in [-0.2, -0.15) is 0 Å². The Morgan fingerprint density at radius 2 is 2.22 bits per heavy atom. The van der Waals surface area contributed by atoms with E-state index >= 15 is 0 Å². The van der Waals surface area contributed by atoms with Crippen LogP contribution >= 0.6 is 0 Å². The van der Waals surface area contributed by atoms with Gasteiger partial charge in [0, 0.05) is 23.0 Å². The van der Waals surface area contributed by atoms with E-state index in [1.807, 2.05) is 0 Å². The zero-order valence-electron chi connectivity index (χ0n) is 14.1. The maximum absolute atomic E-state index is 14.3. The molecule has 4 N–H and O–H groups in total. The highest BCUT2D eigenvalue weighted by molar-refractivity contribution is 5.86. The number of hydrogen-bond acceptors (Lipinski definition) is 6. The van der Waals surface area contributed by atoms with Crippen LogP contribution in [-0.2, 0) is 10.3 Å². The molecule has 144 valence electrons. The first-order valence-corrected chi connectivity index (χ1v) is 7.81. The highest BCUT2D eigenvalue weighted by Gasteiger charge is 2.46. The number of nitrogens with one attached hydrogen (secondary N) is 2. The van der Waals surface area contributed by atoms with E-state index in [1.165, 1.54) is 12.1 Å². The molecular formula is C16H16F3N5O3. The summed E-state index contributed by atoms with van der Waals surface area (Å²) in [5.41, 5.74) is 3.47. The Morgan fingerprint density at radius 3 is 2.85 bits per heavy atom. The first kappa shape index (κ1) is 18.7. The Kier molecular flexibility index (Phi) is 5.04. The fraction of sp³-hybridized carbons (Fsp3) is 0.312. The molecule has 1 aliphatic rings. The molecule has 0 fully saturated rings. The number of nitrogens with two attached hydrogens (primary N) is 1. The smallest absolute Gasteiger partial charge is 0.389 e. The van der Waals surface area contributed by atoms with Crippen molar-refractivity contribution < 1.29 is 27.4 Å². The number of carbonyl (C=O) groups excluding carboxylic acids is 1. The molecule has 1 amide bonds. The predicted octanol–water partition coefficient (Wildman–Crippen LogP) is 2.32. The Labute approximate surface area is 151 Å². The first-order chi connectivity index (χ1) is 12.8. The van der Waals surface area contributed by atoms with Crippen molar-refractivity contribution in [1.29, 1.82) is 0 Å². The van der Waals surface area contributed by atoms with Crippen LogP contribution in [0.25, 0.3) is 0 Å². The minimum atomic E-state index is -3.08. The van der Waals surface area contributed by atoms with Crippen molar-refractivity contribution in [3.63, 3.8) is 0 Å². The molecule has 0 saturated heterocycles. The monoisotopic (exact) mass is 383 g/mol. The molecule has 27 heavy (non-hydrogen) atoms. The van der Waals surface area contributed by atoms with Gasteiger partial charge >= 0.3 is 6.09 Å². The summed E-state index contributed by atoms with van der Waals surface area (Å²) in [6.45, 7) is 1.04. The summed E-state index contributed by atoms with van der Waals surface area (Å²) in [6.07, 6.45) is -4.01. The summed E-state index contributed by atoms with van der Waals surface area (Å²) in [7, 11) is 0. The maximum Gasteiger partial charge on any atom is 0.418 e. The summed E-state index contributed by atoms with van der Waals surface area (Å²) in [6, 6.07) is 4.67. The molecule has 2 heterocycles. The van der Waals surface area contributed by atoms with Crippen molar-refractivity contribution in [2.24, 2.45) is 10.7 Å². The largest absolute Gasteiger partial charge is 0.418 e. The lowest BCUT2D eigenvalue weighted by atomic mass is 9.90. The molecule has 1 aromatic heterocycles. The summed E-state index contributed by atoms with van der Waals surface area (Å²) in [4.78, 5) is 15.7. The molecule has 8 nitrogen and oxygen atoms in total. The topological polar surface area (TPSA) is 115 Å². The number of rotatable bonds is 4. The van der Waals surface area contributed by atoms with Crippen LogP contribution in [0.15, 0.2) is 29.3 Å². The van der Waals surface area contributed by atoms with Gasteiger partial charge in [0.25, 0.3) is 6.43 Å². The quantitative estimate of drug-likeness (QED) is 0.750. The van der Waals surface area contributed by atoms with Crippen LogP contribution in [-0.4, -0.2) is 41.8 Å². The molecular weight excluding hydrogens is 367 g/mol. The second kappa shape index (κ2) is 7.27. The molecule has 1 aliphatic heterocycles. The lowest BCUT2D eigenvalue weighted by molar-refractivity contribution is -0.0145. The number of aromatic nitrogens is 2. The number of anilines is 1. The van der Waals surface area contributed by atoms with Gasteiger partial charge in [-0.3, -0.25) is 15.4 Å². The SMILES string of the molecule is Cc1cc(OC(=O)Nc2ccc(F)c([C@]3(C(F)F)COCC(N)=N3)c2)n[nH]1. The highest BCUT2D eigenvalue weighted by atomic mass is 19.3. The van der Waals surface area contributed by atoms with Crippen molar-refractivity contribution >= 4 is 17.6 Å². The number of ether oxygens (including phenoxy) is 2. The van der Waals surface area contributed by atoms with Crippen LogP contribution in [0.4, 0.5) is 23.7 Å². The summed E-state index contributed by atoms with van der Waals surface area (Å²) >= 11 is 0. The molecule has 1 atom stereocenters. The Balaban J connectivity index is 1.87. The van der Waals surface area contributed by atoms with Crippen molar-refractivity contribution in [2.75, 3.05) is 18.5 Å². The zero-order valence-corrected chi connectivity index (χ0v) is 14.1. The zero-order chi connectivity index (χ0) is 19.6. The normalized spacial score (nSPS) is 19.7. The number of aromatic amines is 1. The predicted molar refractivity (Wildman–Crippen MR) is 89.5 cm³/mol.